The second-order valence-corrected chi connectivity index (χ2v) is 7.25. The lowest BCUT2D eigenvalue weighted by Crippen LogP contribution is -2.38. The molecule has 0 N–H and O–H groups in total. The molecular formula is C19H27N5O2S. The van der Waals surface area contributed by atoms with Gasteiger partial charge in [-0.2, -0.15) is 0 Å². The standard InChI is InChI=1S/C19H27N5O2S/c1-3-22(14-16-8-6-5-7-9-16)17(25)15-27-19-21-20-18(24(19)4-2)23-10-12-26-13-11-23/h5-9H,3-4,10-15H2,1-2H3. The molecule has 0 radical (unpaired) electrons. The maximum Gasteiger partial charge on any atom is 0.233 e. The number of rotatable bonds is 8. The molecule has 1 fully saturated rings. The highest BCUT2D eigenvalue weighted by atomic mass is 32.2. The van der Waals surface area contributed by atoms with Crippen LogP contribution in [0.4, 0.5) is 5.95 Å². The first kappa shape index (κ1) is 19.7. The Morgan fingerprint density at radius 1 is 1.19 bits per heavy atom. The van der Waals surface area contributed by atoms with Crippen LogP contribution in [0.15, 0.2) is 35.5 Å². The lowest BCUT2D eigenvalue weighted by Gasteiger charge is -2.27. The monoisotopic (exact) mass is 389 g/mol. The van der Waals surface area contributed by atoms with Crippen molar-refractivity contribution in [1.82, 2.24) is 19.7 Å². The lowest BCUT2D eigenvalue weighted by atomic mass is 10.2. The van der Waals surface area contributed by atoms with Crippen molar-refractivity contribution in [3.8, 4) is 0 Å². The molecule has 1 aromatic carbocycles. The summed E-state index contributed by atoms with van der Waals surface area (Å²) < 4.78 is 7.49. The summed E-state index contributed by atoms with van der Waals surface area (Å²) in [5.74, 6) is 1.35. The van der Waals surface area contributed by atoms with Crippen molar-refractivity contribution in [2.75, 3.05) is 43.5 Å². The molecule has 2 aromatic rings. The molecule has 0 unspecified atom stereocenters. The Labute approximate surface area is 164 Å². The number of morpholine rings is 1. The van der Waals surface area contributed by atoms with Gasteiger partial charge in [0.2, 0.25) is 11.9 Å². The molecular weight excluding hydrogens is 362 g/mol. The van der Waals surface area contributed by atoms with E-state index < -0.39 is 0 Å². The summed E-state index contributed by atoms with van der Waals surface area (Å²) in [5, 5.41) is 9.48. The van der Waals surface area contributed by atoms with Gasteiger partial charge in [-0.1, -0.05) is 42.1 Å². The van der Waals surface area contributed by atoms with Crippen LogP contribution in [0.1, 0.15) is 19.4 Å². The van der Waals surface area contributed by atoms with Gasteiger partial charge in [0.25, 0.3) is 0 Å². The summed E-state index contributed by atoms with van der Waals surface area (Å²) in [7, 11) is 0. The van der Waals surface area contributed by atoms with Gasteiger partial charge in [-0.15, -0.1) is 10.2 Å². The topological polar surface area (TPSA) is 63.5 Å². The number of thioether (sulfide) groups is 1. The third-order valence-electron chi connectivity index (χ3n) is 4.58. The number of aromatic nitrogens is 3. The van der Waals surface area contributed by atoms with Gasteiger partial charge in [-0.25, -0.2) is 0 Å². The minimum Gasteiger partial charge on any atom is -0.378 e. The Morgan fingerprint density at radius 3 is 2.59 bits per heavy atom. The quantitative estimate of drug-likeness (QED) is 0.646. The number of ether oxygens (including phenoxy) is 1. The molecule has 3 rings (SSSR count). The van der Waals surface area contributed by atoms with E-state index in [4.69, 9.17) is 4.74 Å². The second-order valence-electron chi connectivity index (χ2n) is 6.31. The molecule has 1 aromatic heterocycles. The van der Waals surface area contributed by atoms with Crippen LogP contribution in [-0.4, -0.2) is 64.2 Å². The Kier molecular flexibility index (Phi) is 7.11. The summed E-state index contributed by atoms with van der Waals surface area (Å²) in [4.78, 5) is 16.7. The van der Waals surface area contributed by atoms with Gasteiger partial charge >= 0.3 is 0 Å². The Hall–Kier alpha value is -2.06. The Balaban J connectivity index is 1.61. The normalized spacial score (nSPS) is 14.4. The molecule has 2 heterocycles. The van der Waals surface area contributed by atoms with E-state index in [1.165, 1.54) is 11.8 Å². The molecule has 1 aliphatic rings. The highest BCUT2D eigenvalue weighted by Crippen LogP contribution is 2.23. The van der Waals surface area contributed by atoms with Crippen molar-refractivity contribution in [2.24, 2.45) is 0 Å². The van der Waals surface area contributed by atoms with Gasteiger partial charge in [0.15, 0.2) is 5.16 Å². The minimum atomic E-state index is 0.116. The first-order valence-electron chi connectivity index (χ1n) is 9.43. The maximum absolute atomic E-state index is 12.7. The molecule has 0 bridgehead atoms. The zero-order chi connectivity index (χ0) is 19.1. The van der Waals surface area contributed by atoms with Crippen LogP contribution in [0.2, 0.25) is 0 Å². The number of hydrogen-bond donors (Lipinski definition) is 0. The predicted molar refractivity (Wildman–Crippen MR) is 107 cm³/mol. The van der Waals surface area contributed by atoms with E-state index >= 15 is 0 Å². The van der Waals surface area contributed by atoms with E-state index in [0.717, 1.165) is 36.3 Å². The minimum absolute atomic E-state index is 0.116. The van der Waals surface area contributed by atoms with Crippen LogP contribution < -0.4 is 4.90 Å². The van der Waals surface area contributed by atoms with E-state index in [1.54, 1.807) is 0 Å². The van der Waals surface area contributed by atoms with Crippen molar-refractivity contribution >= 4 is 23.6 Å². The van der Waals surface area contributed by atoms with Crippen LogP contribution in [0.5, 0.6) is 0 Å². The fraction of sp³-hybridized carbons (Fsp3) is 0.526. The van der Waals surface area contributed by atoms with E-state index in [2.05, 4.69) is 26.6 Å². The van der Waals surface area contributed by atoms with Crippen LogP contribution in [0, 0.1) is 0 Å². The summed E-state index contributed by atoms with van der Waals surface area (Å²) in [6, 6.07) is 10.1. The number of carbonyl (C=O) groups excluding carboxylic acids is 1. The number of benzene rings is 1. The highest BCUT2D eigenvalue weighted by Gasteiger charge is 2.21. The molecule has 146 valence electrons. The second kappa shape index (κ2) is 9.75. The van der Waals surface area contributed by atoms with Crippen LogP contribution in [-0.2, 0) is 22.6 Å². The van der Waals surface area contributed by atoms with Gasteiger partial charge in [0.05, 0.1) is 19.0 Å². The lowest BCUT2D eigenvalue weighted by molar-refractivity contribution is -0.128. The van der Waals surface area contributed by atoms with Crippen molar-refractivity contribution in [3.05, 3.63) is 35.9 Å². The third kappa shape index (κ3) is 5.01. The average molecular weight is 390 g/mol. The summed E-state index contributed by atoms with van der Waals surface area (Å²) in [5.41, 5.74) is 1.14. The average Bonchev–Trinajstić information content (AvgIpc) is 3.14. The molecule has 0 aliphatic carbocycles. The fourth-order valence-corrected chi connectivity index (χ4v) is 3.96. The third-order valence-corrected chi connectivity index (χ3v) is 5.53. The van der Waals surface area contributed by atoms with Crippen LogP contribution in [0.25, 0.3) is 0 Å². The first-order valence-corrected chi connectivity index (χ1v) is 10.4. The van der Waals surface area contributed by atoms with Crippen molar-refractivity contribution < 1.29 is 9.53 Å². The molecule has 7 nitrogen and oxygen atoms in total. The largest absolute Gasteiger partial charge is 0.378 e. The van der Waals surface area contributed by atoms with E-state index in [1.807, 2.05) is 42.2 Å². The zero-order valence-corrected chi connectivity index (χ0v) is 16.8. The van der Waals surface area contributed by atoms with Gasteiger partial charge in [-0.3, -0.25) is 9.36 Å². The van der Waals surface area contributed by atoms with Gasteiger partial charge in [0.1, 0.15) is 0 Å². The highest BCUT2D eigenvalue weighted by molar-refractivity contribution is 7.99. The number of anilines is 1. The molecule has 0 atom stereocenters. The summed E-state index contributed by atoms with van der Waals surface area (Å²) >= 11 is 1.46. The summed E-state index contributed by atoms with van der Waals surface area (Å²) in [6.07, 6.45) is 0. The van der Waals surface area contributed by atoms with Gasteiger partial charge in [-0.05, 0) is 19.4 Å². The number of carbonyl (C=O) groups is 1. The van der Waals surface area contributed by atoms with Crippen molar-refractivity contribution in [1.29, 1.82) is 0 Å². The van der Waals surface area contributed by atoms with E-state index in [-0.39, 0.29) is 5.91 Å². The molecule has 0 spiro atoms. The van der Waals surface area contributed by atoms with Gasteiger partial charge in [0, 0.05) is 32.7 Å². The molecule has 0 saturated carbocycles. The van der Waals surface area contributed by atoms with Crippen LogP contribution in [0.3, 0.4) is 0 Å². The van der Waals surface area contributed by atoms with E-state index in [9.17, 15) is 4.79 Å². The Bertz CT molecular complexity index is 731. The fourth-order valence-electron chi connectivity index (χ4n) is 3.06. The van der Waals surface area contributed by atoms with Crippen molar-refractivity contribution in [3.63, 3.8) is 0 Å². The number of amides is 1. The molecule has 1 amide bonds. The molecule has 1 aliphatic heterocycles. The van der Waals surface area contributed by atoms with Crippen LogP contribution >= 0.6 is 11.8 Å². The Morgan fingerprint density at radius 2 is 1.93 bits per heavy atom. The molecule has 27 heavy (non-hydrogen) atoms. The van der Waals surface area contributed by atoms with E-state index in [0.29, 0.717) is 32.1 Å². The SMILES string of the molecule is CCN(Cc1ccccc1)C(=O)CSc1nnc(N2CCOCC2)n1CC. The van der Waals surface area contributed by atoms with Gasteiger partial charge < -0.3 is 14.5 Å². The smallest absolute Gasteiger partial charge is 0.233 e. The van der Waals surface area contributed by atoms with Crippen molar-refractivity contribution in [2.45, 2.75) is 32.1 Å². The summed E-state index contributed by atoms with van der Waals surface area (Å²) in [6.45, 7) is 9.25. The predicted octanol–water partition coefficient (Wildman–Crippen LogP) is 2.28. The number of hydrogen-bond acceptors (Lipinski definition) is 6. The number of nitrogens with zero attached hydrogens (tertiary/aromatic N) is 5. The zero-order valence-electron chi connectivity index (χ0n) is 16.0. The first-order chi connectivity index (χ1) is 13.2. The molecule has 8 heteroatoms. The maximum atomic E-state index is 12.7. The molecule has 1 saturated heterocycles.